The van der Waals surface area contributed by atoms with Crippen LogP contribution in [0, 0.1) is 5.82 Å². The van der Waals surface area contributed by atoms with Crippen molar-refractivity contribution >= 4 is 5.97 Å². The van der Waals surface area contributed by atoms with Crippen LogP contribution in [0.25, 0.3) is 0 Å². The van der Waals surface area contributed by atoms with E-state index in [4.69, 9.17) is 9.84 Å². The van der Waals surface area contributed by atoms with Crippen molar-refractivity contribution in [2.75, 3.05) is 0 Å². The number of aromatic carboxylic acids is 1. The van der Waals surface area contributed by atoms with Crippen molar-refractivity contribution in [1.29, 1.82) is 0 Å². The molecular formula is C15H17FN2O3. The van der Waals surface area contributed by atoms with Gasteiger partial charge in [-0.2, -0.15) is 5.10 Å². The summed E-state index contributed by atoms with van der Waals surface area (Å²) in [6.07, 6.45) is 2.85. The van der Waals surface area contributed by atoms with E-state index in [0.717, 1.165) is 18.2 Å². The van der Waals surface area contributed by atoms with Crippen molar-refractivity contribution in [2.45, 2.75) is 32.9 Å². The molecule has 1 N–H and O–H groups in total. The number of hydrogen-bond donors (Lipinski definition) is 1. The molecule has 0 fully saturated rings. The van der Waals surface area contributed by atoms with E-state index >= 15 is 0 Å². The molecule has 1 aromatic carbocycles. The maximum Gasteiger partial charge on any atom is 0.338 e. The van der Waals surface area contributed by atoms with E-state index in [-0.39, 0.29) is 17.9 Å². The van der Waals surface area contributed by atoms with Gasteiger partial charge in [0.15, 0.2) is 0 Å². The van der Waals surface area contributed by atoms with Crippen molar-refractivity contribution in [3.8, 4) is 5.75 Å². The quantitative estimate of drug-likeness (QED) is 0.887. The van der Waals surface area contributed by atoms with Crippen molar-refractivity contribution in [3.63, 3.8) is 0 Å². The Bertz CT molecular complexity index is 640. The van der Waals surface area contributed by atoms with Crippen LogP contribution in [-0.4, -0.2) is 20.9 Å². The summed E-state index contributed by atoms with van der Waals surface area (Å²) in [7, 11) is 0. The highest BCUT2D eigenvalue weighted by atomic mass is 19.1. The summed E-state index contributed by atoms with van der Waals surface area (Å²) in [4.78, 5) is 10.7. The van der Waals surface area contributed by atoms with Gasteiger partial charge in [-0.25, -0.2) is 9.18 Å². The molecule has 2 aromatic rings. The Morgan fingerprint density at radius 2 is 2.24 bits per heavy atom. The van der Waals surface area contributed by atoms with Crippen molar-refractivity contribution in [3.05, 3.63) is 47.5 Å². The number of nitrogens with zero attached hydrogens (tertiary/aromatic N) is 2. The number of aromatic nitrogens is 2. The van der Waals surface area contributed by atoms with E-state index in [9.17, 15) is 9.18 Å². The monoisotopic (exact) mass is 292 g/mol. The molecule has 0 aliphatic carbocycles. The predicted octanol–water partition coefficient (Wildman–Crippen LogP) is 3.27. The van der Waals surface area contributed by atoms with Crippen molar-refractivity contribution < 1.29 is 19.0 Å². The third-order valence-corrected chi connectivity index (χ3v) is 3.26. The van der Waals surface area contributed by atoms with Gasteiger partial charge in [-0.1, -0.05) is 6.92 Å². The summed E-state index contributed by atoms with van der Waals surface area (Å²) in [5.41, 5.74) is 0.362. The number of benzene rings is 1. The van der Waals surface area contributed by atoms with Crippen LogP contribution in [-0.2, 0) is 6.61 Å². The fourth-order valence-electron chi connectivity index (χ4n) is 1.80. The number of rotatable bonds is 6. The summed E-state index contributed by atoms with van der Waals surface area (Å²) < 4.78 is 20.8. The van der Waals surface area contributed by atoms with Crippen LogP contribution in [0.4, 0.5) is 4.39 Å². The minimum absolute atomic E-state index is 0.204. The molecule has 1 unspecified atom stereocenters. The average molecular weight is 292 g/mol. The van der Waals surface area contributed by atoms with Gasteiger partial charge in [0.2, 0.25) is 0 Å². The third kappa shape index (κ3) is 3.59. The smallest absolute Gasteiger partial charge is 0.338 e. The van der Waals surface area contributed by atoms with E-state index in [1.54, 1.807) is 0 Å². The summed E-state index contributed by atoms with van der Waals surface area (Å²) in [5.74, 6) is -1.84. The standard InChI is InChI=1S/C15H17FN2O3/c1-3-10(2)18-7-6-11(17-18)9-21-12-4-5-13(15(19)20)14(16)8-12/h4-8,10H,3,9H2,1-2H3,(H,19,20). The van der Waals surface area contributed by atoms with Gasteiger partial charge in [-0.3, -0.25) is 4.68 Å². The van der Waals surface area contributed by atoms with E-state index in [0.29, 0.717) is 6.04 Å². The molecule has 0 bridgehead atoms. The normalized spacial score (nSPS) is 12.1. The summed E-state index contributed by atoms with van der Waals surface area (Å²) in [6, 6.07) is 5.83. The molecule has 0 spiro atoms. The van der Waals surface area contributed by atoms with Gasteiger partial charge in [-0.15, -0.1) is 0 Å². The van der Waals surface area contributed by atoms with E-state index in [1.807, 2.05) is 16.9 Å². The van der Waals surface area contributed by atoms with Gasteiger partial charge >= 0.3 is 5.97 Å². The van der Waals surface area contributed by atoms with Crippen molar-refractivity contribution in [1.82, 2.24) is 9.78 Å². The number of carboxylic acid groups (broad SMARTS) is 1. The van der Waals surface area contributed by atoms with Crippen molar-refractivity contribution in [2.24, 2.45) is 0 Å². The van der Waals surface area contributed by atoms with Gasteiger partial charge in [-0.05, 0) is 31.5 Å². The molecule has 0 saturated heterocycles. The number of ether oxygens (including phenoxy) is 1. The second kappa shape index (κ2) is 6.39. The van der Waals surface area contributed by atoms with Crippen LogP contribution in [0.1, 0.15) is 42.4 Å². The Balaban J connectivity index is 2.01. The van der Waals surface area contributed by atoms with Crippen LogP contribution in [0.15, 0.2) is 30.5 Å². The summed E-state index contributed by atoms with van der Waals surface area (Å²) in [5, 5.41) is 13.1. The lowest BCUT2D eigenvalue weighted by atomic mass is 10.2. The summed E-state index contributed by atoms with van der Waals surface area (Å²) in [6.45, 7) is 4.35. The van der Waals surface area contributed by atoms with Gasteiger partial charge in [0.1, 0.15) is 18.2 Å². The molecule has 6 heteroatoms. The molecular weight excluding hydrogens is 275 g/mol. The maximum atomic E-state index is 13.5. The fraction of sp³-hybridized carbons (Fsp3) is 0.333. The van der Waals surface area contributed by atoms with Crippen LogP contribution in [0.5, 0.6) is 5.75 Å². The highest BCUT2D eigenvalue weighted by Gasteiger charge is 2.11. The molecule has 0 saturated carbocycles. The Morgan fingerprint density at radius 3 is 2.86 bits per heavy atom. The molecule has 21 heavy (non-hydrogen) atoms. The van der Waals surface area contributed by atoms with Gasteiger partial charge < -0.3 is 9.84 Å². The van der Waals surface area contributed by atoms with Crippen LogP contribution >= 0.6 is 0 Å². The predicted molar refractivity (Wildman–Crippen MR) is 74.9 cm³/mol. The SMILES string of the molecule is CCC(C)n1ccc(COc2ccc(C(=O)O)c(F)c2)n1. The lowest BCUT2D eigenvalue weighted by molar-refractivity contribution is 0.0692. The molecule has 0 radical (unpaired) electrons. The first kappa shape index (κ1) is 15.0. The topological polar surface area (TPSA) is 64.3 Å². The number of halogens is 1. The van der Waals surface area contributed by atoms with E-state index in [2.05, 4.69) is 18.9 Å². The highest BCUT2D eigenvalue weighted by molar-refractivity contribution is 5.88. The second-order valence-corrected chi connectivity index (χ2v) is 4.78. The lowest BCUT2D eigenvalue weighted by Crippen LogP contribution is -2.06. The second-order valence-electron chi connectivity index (χ2n) is 4.78. The number of hydrogen-bond acceptors (Lipinski definition) is 3. The molecule has 0 aliphatic rings. The first-order chi connectivity index (χ1) is 10.0. The molecule has 1 aromatic heterocycles. The molecule has 1 heterocycles. The summed E-state index contributed by atoms with van der Waals surface area (Å²) >= 11 is 0. The fourth-order valence-corrected chi connectivity index (χ4v) is 1.80. The molecule has 0 amide bonds. The zero-order chi connectivity index (χ0) is 15.4. The van der Waals surface area contributed by atoms with Crippen LogP contribution in [0.3, 0.4) is 0 Å². The van der Waals surface area contributed by atoms with Gasteiger partial charge in [0.25, 0.3) is 0 Å². The first-order valence-corrected chi connectivity index (χ1v) is 6.71. The lowest BCUT2D eigenvalue weighted by Gasteiger charge is -2.08. The molecule has 1 atom stereocenters. The Labute approximate surface area is 122 Å². The zero-order valence-electron chi connectivity index (χ0n) is 11.9. The third-order valence-electron chi connectivity index (χ3n) is 3.26. The average Bonchev–Trinajstić information content (AvgIpc) is 2.92. The minimum atomic E-state index is -1.30. The molecule has 0 aliphatic heterocycles. The van der Waals surface area contributed by atoms with E-state index in [1.165, 1.54) is 12.1 Å². The van der Waals surface area contributed by atoms with Gasteiger partial charge in [0, 0.05) is 18.3 Å². The van der Waals surface area contributed by atoms with Crippen LogP contribution in [0.2, 0.25) is 0 Å². The Hall–Kier alpha value is -2.37. The Kier molecular flexibility index (Phi) is 4.57. The van der Waals surface area contributed by atoms with E-state index < -0.39 is 11.8 Å². The Morgan fingerprint density at radius 1 is 1.48 bits per heavy atom. The largest absolute Gasteiger partial charge is 0.487 e. The maximum absolute atomic E-state index is 13.5. The number of carbonyl (C=O) groups is 1. The number of carboxylic acids is 1. The highest BCUT2D eigenvalue weighted by Crippen LogP contribution is 2.18. The zero-order valence-corrected chi connectivity index (χ0v) is 11.9. The molecule has 5 nitrogen and oxygen atoms in total. The molecule has 112 valence electrons. The first-order valence-electron chi connectivity index (χ1n) is 6.71. The minimum Gasteiger partial charge on any atom is -0.487 e. The van der Waals surface area contributed by atoms with Crippen LogP contribution < -0.4 is 4.74 Å². The molecule has 2 rings (SSSR count). The van der Waals surface area contributed by atoms with Gasteiger partial charge in [0.05, 0.1) is 11.3 Å².